The zero-order valence-electron chi connectivity index (χ0n) is 12.6. The number of hydrogen-bond acceptors (Lipinski definition) is 2. The van der Waals surface area contributed by atoms with Gasteiger partial charge < -0.3 is 9.67 Å². The number of rotatable bonds is 3. The van der Waals surface area contributed by atoms with Crippen molar-refractivity contribution < 1.29 is 9.90 Å². The summed E-state index contributed by atoms with van der Waals surface area (Å²) in [5.74, 6) is 0.196. The van der Waals surface area contributed by atoms with E-state index in [1.54, 1.807) is 25.1 Å². The summed E-state index contributed by atoms with van der Waals surface area (Å²) < 4.78 is 2.05. The number of phenolic OH excluding ortho intramolecular Hbond substituents is 1. The molecule has 0 aliphatic carbocycles. The number of phenols is 1. The molecule has 22 heavy (non-hydrogen) atoms. The van der Waals surface area contributed by atoms with E-state index in [0.717, 1.165) is 22.6 Å². The summed E-state index contributed by atoms with van der Waals surface area (Å²) in [6.45, 7) is 3.54. The van der Waals surface area contributed by atoms with Crippen LogP contribution in [0.1, 0.15) is 23.0 Å². The molecule has 0 radical (unpaired) electrons. The number of carbonyl (C=O) groups is 1. The largest absolute Gasteiger partial charge is 0.508 e. The van der Waals surface area contributed by atoms with Gasteiger partial charge in [-0.25, -0.2) is 0 Å². The van der Waals surface area contributed by atoms with Gasteiger partial charge in [0.1, 0.15) is 5.75 Å². The third kappa shape index (κ3) is 2.42. The quantitative estimate of drug-likeness (QED) is 0.728. The van der Waals surface area contributed by atoms with Crippen LogP contribution < -0.4 is 0 Å². The molecular weight excluding hydrogens is 274 g/mol. The van der Waals surface area contributed by atoms with E-state index in [1.807, 2.05) is 54.0 Å². The third-order valence-corrected chi connectivity index (χ3v) is 3.70. The number of Topliss-reactive ketones (excluding diaryl/α,β-unsaturated/α-hetero) is 1. The lowest BCUT2D eigenvalue weighted by atomic mass is 10.0. The van der Waals surface area contributed by atoms with E-state index >= 15 is 0 Å². The summed E-state index contributed by atoms with van der Waals surface area (Å²) >= 11 is 0. The first-order chi connectivity index (χ1) is 10.6. The number of aryl methyl sites for hydroxylation is 1. The Morgan fingerprint density at radius 1 is 1.00 bits per heavy atom. The Bertz CT molecular complexity index is 832. The standard InChI is InChI=1S/C19H17NO2/c1-13-11-18(14(2)21)19(15-7-6-10-17(22)12-15)20(13)16-8-4-3-5-9-16/h3-12,22H,1-2H3. The van der Waals surface area contributed by atoms with Gasteiger partial charge in [-0.05, 0) is 44.2 Å². The van der Waals surface area contributed by atoms with E-state index in [9.17, 15) is 9.90 Å². The molecule has 3 rings (SSSR count). The van der Waals surface area contributed by atoms with Crippen LogP contribution in [0.15, 0.2) is 60.7 Å². The number of aromatic nitrogens is 1. The molecule has 2 aromatic carbocycles. The van der Waals surface area contributed by atoms with Gasteiger partial charge in [0, 0.05) is 22.5 Å². The van der Waals surface area contributed by atoms with Crippen LogP contribution in [0.3, 0.4) is 0 Å². The van der Waals surface area contributed by atoms with Gasteiger partial charge in [-0.2, -0.15) is 0 Å². The maximum Gasteiger partial charge on any atom is 0.161 e. The van der Waals surface area contributed by atoms with Crippen molar-refractivity contribution in [1.82, 2.24) is 4.57 Å². The van der Waals surface area contributed by atoms with Crippen molar-refractivity contribution in [3.63, 3.8) is 0 Å². The molecule has 0 aliphatic rings. The molecule has 0 amide bonds. The second-order valence-electron chi connectivity index (χ2n) is 5.33. The molecule has 3 aromatic rings. The van der Waals surface area contributed by atoms with Crippen molar-refractivity contribution in [2.45, 2.75) is 13.8 Å². The molecule has 0 spiro atoms. The minimum absolute atomic E-state index is 0.0103. The summed E-state index contributed by atoms with van der Waals surface area (Å²) in [4.78, 5) is 12.0. The Balaban J connectivity index is 2.33. The van der Waals surface area contributed by atoms with Crippen LogP contribution in [0.4, 0.5) is 0 Å². The van der Waals surface area contributed by atoms with Gasteiger partial charge in [0.15, 0.2) is 5.78 Å². The van der Waals surface area contributed by atoms with Crippen LogP contribution in [0.5, 0.6) is 5.75 Å². The molecule has 0 unspecified atom stereocenters. The molecule has 0 bridgehead atoms. The van der Waals surface area contributed by atoms with E-state index in [-0.39, 0.29) is 11.5 Å². The van der Waals surface area contributed by atoms with E-state index in [0.29, 0.717) is 5.56 Å². The zero-order valence-corrected chi connectivity index (χ0v) is 12.6. The first-order valence-corrected chi connectivity index (χ1v) is 7.16. The average Bonchev–Trinajstić information content (AvgIpc) is 2.86. The topological polar surface area (TPSA) is 42.2 Å². The minimum Gasteiger partial charge on any atom is -0.508 e. The summed E-state index contributed by atoms with van der Waals surface area (Å²) in [7, 11) is 0. The molecule has 0 saturated heterocycles. The van der Waals surface area contributed by atoms with Crippen LogP contribution in [0.25, 0.3) is 16.9 Å². The Morgan fingerprint density at radius 2 is 1.73 bits per heavy atom. The molecule has 0 atom stereocenters. The summed E-state index contributed by atoms with van der Waals surface area (Å²) in [5, 5.41) is 9.78. The Hall–Kier alpha value is -2.81. The molecule has 1 N–H and O–H groups in total. The van der Waals surface area contributed by atoms with E-state index < -0.39 is 0 Å². The maximum absolute atomic E-state index is 12.0. The van der Waals surface area contributed by atoms with Crippen molar-refractivity contribution >= 4 is 5.78 Å². The van der Waals surface area contributed by atoms with Crippen LogP contribution >= 0.6 is 0 Å². The fraction of sp³-hybridized carbons (Fsp3) is 0.105. The molecular formula is C19H17NO2. The predicted octanol–water partition coefficient (Wildman–Crippen LogP) is 4.36. The summed E-state index contributed by atoms with van der Waals surface area (Å²) in [5.41, 5.74) is 4.27. The number of ketones is 1. The van der Waals surface area contributed by atoms with Crippen LogP contribution in [-0.4, -0.2) is 15.5 Å². The second-order valence-corrected chi connectivity index (χ2v) is 5.33. The molecule has 1 heterocycles. The third-order valence-electron chi connectivity index (χ3n) is 3.70. The first kappa shape index (κ1) is 14.1. The van der Waals surface area contributed by atoms with Crippen molar-refractivity contribution in [3.8, 4) is 22.7 Å². The highest BCUT2D eigenvalue weighted by atomic mass is 16.3. The lowest BCUT2D eigenvalue weighted by molar-refractivity contribution is 0.101. The van der Waals surface area contributed by atoms with Crippen molar-refractivity contribution in [1.29, 1.82) is 0 Å². The lowest BCUT2D eigenvalue weighted by Crippen LogP contribution is -2.01. The fourth-order valence-corrected chi connectivity index (χ4v) is 2.75. The van der Waals surface area contributed by atoms with Crippen LogP contribution in [-0.2, 0) is 0 Å². The van der Waals surface area contributed by atoms with Gasteiger partial charge in [-0.15, -0.1) is 0 Å². The maximum atomic E-state index is 12.0. The average molecular weight is 291 g/mol. The minimum atomic E-state index is 0.0103. The number of carbonyl (C=O) groups excluding carboxylic acids is 1. The second kappa shape index (κ2) is 5.53. The molecule has 110 valence electrons. The highest BCUT2D eigenvalue weighted by Crippen LogP contribution is 2.32. The number of aromatic hydroxyl groups is 1. The van der Waals surface area contributed by atoms with E-state index in [4.69, 9.17) is 0 Å². The van der Waals surface area contributed by atoms with E-state index in [2.05, 4.69) is 0 Å². The Kier molecular flexibility index (Phi) is 3.55. The number of nitrogens with zero attached hydrogens (tertiary/aromatic N) is 1. The number of para-hydroxylation sites is 1. The monoisotopic (exact) mass is 291 g/mol. The molecule has 1 aromatic heterocycles. The van der Waals surface area contributed by atoms with Gasteiger partial charge in [0.2, 0.25) is 0 Å². The van der Waals surface area contributed by atoms with Gasteiger partial charge in [-0.3, -0.25) is 4.79 Å². The van der Waals surface area contributed by atoms with Gasteiger partial charge in [0.05, 0.1) is 5.69 Å². The normalized spacial score (nSPS) is 10.6. The number of benzene rings is 2. The van der Waals surface area contributed by atoms with Gasteiger partial charge >= 0.3 is 0 Å². The number of hydrogen-bond donors (Lipinski definition) is 1. The smallest absolute Gasteiger partial charge is 0.161 e. The summed E-state index contributed by atoms with van der Waals surface area (Å²) in [6.07, 6.45) is 0. The van der Waals surface area contributed by atoms with Crippen LogP contribution in [0.2, 0.25) is 0 Å². The highest BCUT2D eigenvalue weighted by Gasteiger charge is 2.18. The first-order valence-electron chi connectivity index (χ1n) is 7.16. The SMILES string of the molecule is CC(=O)c1cc(C)n(-c2ccccc2)c1-c1cccc(O)c1. The molecule has 0 saturated carbocycles. The lowest BCUT2D eigenvalue weighted by Gasteiger charge is -2.13. The summed E-state index contributed by atoms with van der Waals surface area (Å²) in [6, 6.07) is 18.8. The van der Waals surface area contributed by atoms with Crippen molar-refractivity contribution in [2.24, 2.45) is 0 Å². The fourth-order valence-electron chi connectivity index (χ4n) is 2.75. The Morgan fingerprint density at radius 3 is 2.36 bits per heavy atom. The molecule has 0 aliphatic heterocycles. The molecule has 3 nitrogen and oxygen atoms in total. The van der Waals surface area contributed by atoms with Crippen LogP contribution in [0, 0.1) is 6.92 Å². The molecule has 3 heteroatoms. The molecule has 0 fully saturated rings. The van der Waals surface area contributed by atoms with Gasteiger partial charge in [0.25, 0.3) is 0 Å². The van der Waals surface area contributed by atoms with Gasteiger partial charge in [-0.1, -0.05) is 30.3 Å². The van der Waals surface area contributed by atoms with E-state index in [1.165, 1.54) is 0 Å². The Labute approximate surface area is 129 Å². The van der Waals surface area contributed by atoms with Crippen molar-refractivity contribution in [2.75, 3.05) is 0 Å². The van der Waals surface area contributed by atoms with Crippen molar-refractivity contribution in [3.05, 3.63) is 71.9 Å². The highest BCUT2D eigenvalue weighted by molar-refractivity contribution is 6.01. The zero-order chi connectivity index (χ0) is 15.7. The predicted molar refractivity (Wildman–Crippen MR) is 87.6 cm³/mol.